The summed E-state index contributed by atoms with van der Waals surface area (Å²) < 4.78 is 4.89. The summed E-state index contributed by atoms with van der Waals surface area (Å²) in [6.07, 6.45) is 3.41. The molecular formula is C40H32N4O5S. The third kappa shape index (κ3) is 8.00. The third-order valence-corrected chi connectivity index (χ3v) is 8.97. The quantitative estimate of drug-likeness (QED) is 0.0627. The van der Waals surface area contributed by atoms with Gasteiger partial charge in [0.25, 0.3) is 11.8 Å². The predicted molar refractivity (Wildman–Crippen MR) is 197 cm³/mol. The van der Waals surface area contributed by atoms with Crippen LogP contribution in [0.25, 0.3) is 17.0 Å². The molecule has 4 N–H and O–H groups in total. The summed E-state index contributed by atoms with van der Waals surface area (Å²) >= 11 is 1.28. The van der Waals surface area contributed by atoms with Crippen molar-refractivity contribution < 1.29 is 23.9 Å². The van der Waals surface area contributed by atoms with E-state index < -0.39 is 23.0 Å². The lowest BCUT2D eigenvalue weighted by molar-refractivity contribution is -0.116. The van der Waals surface area contributed by atoms with Gasteiger partial charge < -0.3 is 25.7 Å². The summed E-state index contributed by atoms with van der Waals surface area (Å²) in [5, 5.41) is 8.77. The maximum Gasteiger partial charge on any atom is 0.339 e. The Morgan fingerprint density at radius 3 is 2.24 bits per heavy atom. The van der Waals surface area contributed by atoms with Crippen molar-refractivity contribution in [2.24, 2.45) is 0 Å². The molecule has 10 heteroatoms. The predicted octanol–water partition coefficient (Wildman–Crippen LogP) is 7.84. The molecule has 5 aromatic carbocycles. The number of rotatable bonds is 11. The number of nitrogens with one attached hydrogen (secondary N) is 4. The Morgan fingerprint density at radius 1 is 0.760 bits per heavy atom. The first kappa shape index (κ1) is 33.5. The number of hydrogen-bond acceptors (Lipinski definition) is 6. The molecule has 1 atom stereocenters. The van der Waals surface area contributed by atoms with Crippen molar-refractivity contribution in [1.29, 1.82) is 0 Å². The van der Waals surface area contributed by atoms with Crippen LogP contribution in [0.15, 0.2) is 150 Å². The number of methoxy groups -OCH3 is 1. The molecule has 1 heterocycles. The molecule has 0 bridgehead atoms. The van der Waals surface area contributed by atoms with Gasteiger partial charge >= 0.3 is 5.97 Å². The highest BCUT2D eigenvalue weighted by atomic mass is 32.2. The van der Waals surface area contributed by atoms with Gasteiger partial charge in [-0.3, -0.25) is 14.4 Å². The van der Waals surface area contributed by atoms with Gasteiger partial charge in [0, 0.05) is 38.8 Å². The van der Waals surface area contributed by atoms with Crippen LogP contribution in [0.4, 0.5) is 11.4 Å². The number of benzene rings is 5. The number of ether oxygens (including phenoxy) is 1. The van der Waals surface area contributed by atoms with Crippen molar-refractivity contribution in [3.63, 3.8) is 0 Å². The Bertz CT molecular complexity index is 2200. The number of H-pyrrole nitrogens is 1. The molecule has 6 rings (SSSR count). The topological polar surface area (TPSA) is 129 Å². The van der Waals surface area contributed by atoms with Gasteiger partial charge in [0.15, 0.2) is 0 Å². The van der Waals surface area contributed by atoms with E-state index in [2.05, 4.69) is 20.9 Å². The number of carbonyl (C=O) groups excluding carboxylic acids is 4. The first-order valence-electron chi connectivity index (χ1n) is 15.6. The number of amides is 3. The normalized spacial score (nSPS) is 11.7. The van der Waals surface area contributed by atoms with Gasteiger partial charge in [0.05, 0.1) is 18.4 Å². The van der Waals surface area contributed by atoms with E-state index >= 15 is 0 Å². The van der Waals surface area contributed by atoms with Crippen molar-refractivity contribution in [3.8, 4) is 0 Å². The minimum Gasteiger partial charge on any atom is -0.465 e. The van der Waals surface area contributed by atoms with E-state index in [1.54, 1.807) is 79.0 Å². The molecule has 0 aliphatic carbocycles. The smallest absolute Gasteiger partial charge is 0.339 e. The molecule has 6 aromatic rings. The van der Waals surface area contributed by atoms with E-state index in [-0.39, 0.29) is 17.2 Å². The standard InChI is InChI=1S/C40H32N4O5S/c1-49-40(48)32-20-9-11-22-34(32)43-39(47)36(26-13-4-2-5-14-26)50-30-18-12-17-29(24-30)42-38(46)35(44-37(45)27-15-6-3-7-16-27)23-28-25-41-33-21-10-8-19-31(28)33/h2-25,36,41H,1H3,(H,42,46)(H,43,47)(H,44,45)/b35-23+. The largest absolute Gasteiger partial charge is 0.465 e. The van der Waals surface area contributed by atoms with Crippen LogP contribution in [0.5, 0.6) is 0 Å². The average Bonchev–Trinajstić information content (AvgIpc) is 3.56. The van der Waals surface area contributed by atoms with Gasteiger partial charge in [-0.1, -0.05) is 84.9 Å². The Kier molecular flexibility index (Phi) is 10.5. The molecule has 0 aliphatic rings. The average molecular weight is 681 g/mol. The summed E-state index contributed by atoms with van der Waals surface area (Å²) in [5.74, 6) is -1.87. The highest BCUT2D eigenvalue weighted by Gasteiger charge is 2.24. The molecule has 9 nitrogen and oxygen atoms in total. The van der Waals surface area contributed by atoms with Crippen molar-refractivity contribution >= 4 is 63.8 Å². The van der Waals surface area contributed by atoms with Crippen LogP contribution in [0.1, 0.15) is 37.1 Å². The van der Waals surface area contributed by atoms with E-state index in [0.717, 1.165) is 22.0 Å². The van der Waals surface area contributed by atoms with E-state index in [1.165, 1.54) is 18.9 Å². The van der Waals surface area contributed by atoms with E-state index in [0.29, 0.717) is 21.8 Å². The number of para-hydroxylation sites is 2. The summed E-state index contributed by atoms with van der Waals surface area (Å²) in [7, 11) is 1.29. The molecule has 0 aliphatic heterocycles. The van der Waals surface area contributed by atoms with Gasteiger partial charge in [-0.25, -0.2) is 4.79 Å². The van der Waals surface area contributed by atoms with Crippen LogP contribution in [0.2, 0.25) is 0 Å². The number of esters is 1. The Labute approximate surface area is 292 Å². The summed E-state index contributed by atoms with van der Waals surface area (Å²) in [4.78, 5) is 57.0. The van der Waals surface area contributed by atoms with Crippen LogP contribution in [-0.4, -0.2) is 35.8 Å². The van der Waals surface area contributed by atoms with Gasteiger partial charge in [-0.15, -0.1) is 11.8 Å². The monoisotopic (exact) mass is 680 g/mol. The molecule has 1 unspecified atom stereocenters. The SMILES string of the molecule is COC(=O)c1ccccc1NC(=O)C(Sc1cccc(NC(=O)/C(=C\c2c[nH]c3ccccc23)NC(=O)c2ccccc2)c1)c1ccccc1. The second kappa shape index (κ2) is 15.7. The minimum absolute atomic E-state index is 0.0486. The molecule has 0 radical (unpaired) electrons. The fourth-order valence-corrected chi connectivity index (χ4v) is 6.36. The first-order valence-corrected chi connectivity index (χ1v) is 16.5. The van der Waals surface area contributed by atoms with E-state index in [4.69, 9.17) is 4.74 Å². The maximum atomic E-state index is 13.8. The van der Waals surface area contributed by atoms with Crippen LogP contribution in [0.3, 0.4) is 0 Å². The molecule has 0 saturated carbocycles. The van der Waals surface area contributed by atoms with Crippen molar-refractivity contribution in [3.05, 3.63) is 168 Å². The fraction of sp³-hybridized carbons (Fsp3) is 0.0500. The van der Waals surface area contributed by atoms with Gasteiger partial charge in [-0.2, -0.15) is 0 Å². The number of carbonyl (C=O) groups is 4. The number of hydrogen-bond donors (Lipinski definition) is 4. The molecule has 0 saturated heterocycles. The lowest BCUT2D eigenvalue weighted by Gasteiger charge is -2.19. The van der Waals surface area contributed by atoms with E-state index in [1.807, 2.05) is 66.7 Å². The lowest BCUT2D eigenvalue weighted by atomic mass is 10.1. The lowest BCUT2D eigenvalue weighted by Crippen LogP contribution is -2.30. The number of aromatic amines is 1. The maximum absolute atomic E-state index is 13.8. The highest BCUT2D eigenvalue weighted by molar-refractivity contribution is 8.00. The molecule has 50 heavy (non-hydrogen) atoms. The zero-order chi connectivity index (χ0) is 34.9. The number of fused-ring (bicyclic) bond motifs is 1. The Hall–Kier alpha value is -6.39. The highest BCUT2D eigenvalue weighted by Crippen LogP contribution is 2.37. The van der Waals surface area contributed by atoms with Crippen molar-refractivity contribution in [1.82, 2.24) is 10.3 Å². The zero-order valence-electron chi connectivity index (χ0n) is 26.9. The van der Waals surface area contributed by atoms with Crippen molar-refractivity contribution in [2.75, 3.05) is 17.7 Å². The van der Waals surface area contributed by atoms with Crippen LogP contribution in [-0.2, 0) is 14.3 Å². The number of thioether (sulfide) groups is 1. The Balaban J connectivity index is 1.26. The van der Waals surface area contributed by atoms with Gasteiger partial charge in [0.1, 0.15) is 10.9 Å². The third-order valence-electron chi connectivity index (χ3n) is 7.73. The Morgan fingerprint density at radius 2 is 1.46 bits per heavy atom. The molecule has 1 aromatic heterocycles. The van der Waals surface area contributed by atoms with E-state index in [9.17, 15) is 19.2 Å². The number of anilines is 2. The molecule has 0 fully saturated rings. The molecule has 0 spiro atoms. The van der Waals surface area contributed by atoms with Crippen molar-refractivity contribution in [2.45, 2.75) is 10.1 Å². The summed E-state index contributed by atoms with van der Waals surface area (Å²) in [6, 6.07) is 39.4. The number of aromatic nitrogens is 1. The van der Waals surface area contributed by atoms with Gasteiger partial charge in [0.2, 0.25) is 5.91 Å². The second-order valence-corrected chi connectivity index (χ2v) is 12.3. The molecule has 248 valence electrons. The zero-order valence-corrected chi connectivity index (χ0v) is 27.7. The summed E-state index contributed by atoms with van der Waals surface area (Å²) in [6.45, 7) is 0. The van der Waals surface area contributed by atoms with Crippen LogP contribution < -0.4 is 16.0 Å². The fourth-order valence-electron chi connectivity index (χ4n) is 5.27. The molecule has 3 amide bonds. The van der Waals surface area contributed by atoms with Gasteiger partial charge in [-0.05, 0) is 60.2 Å². The molecular weight excluding hydrogens is 649 g/mol. The van der Waals surface area contributed by atoms with Crippen LogP contribution >= 0.6 is 11.8 Å². The van der Waals surface area contributed by atoms with Crippen LogP contribution in [0, 0.1) is 0 Å². The minimum atomic E-state index is -0.713. The second-order valence-electron chi connectivity index (χ2n) is 11.1. The first-order chi connectivity index (χ1) is 24.4. The summed E-state index contributed by atoms with van der Waals surface area (Å²) in [5.41, 5.74) is 3.85.